The molecule has 0 bridgehead atoms. The molecule has 1 saturated carbocycles. The highest BCUT2D eigenvalue weighted by molar-refractivity contribution is 7.98. The summed E-state index contributed by atoms with van der Waals surface area (Å²) < 4.78 is 51.0. The topological polar surface area (TPSA) is 88.9 Å². The van der Waals surface area contributed by atoms with Gasteiger partial charge in [-0.05, 0) is 44.5 Å². The summed E-state index contributed by atoms with van der Waals surface area (Å²) in [7, 11) is 1.65. The van der Waals surface area contributed by atoms with Crippen molar-refractivity contribution in [3.63, 3.8) is 0 Å². The number of aromatic nitrogens is 1. The zero-order valence-electron chi connectivity index (χ0n) is 17.6. The number of ether oxygens (including phenoxy) is 2. The number of nitrogens with one attached hydrogen (secondary N) is 2. The number of hydrogen-bond donors (Lipinski definition) is 2. The number of amides is 1. The number of carbonyl (C=O) groups excluding carboxylic acids is 1. The first kappa shape index (κ1) is 21.5. The van der Waals surface area contributed by atoms with E-state index < -0.39 is 23.3 Å². The Labute approximate surface area is 192 Å². The predicted molar refractivity (Wildman–Crippen MR) is 117 cm³/mol. The molecule has 2 N–H and O–H groups in total. The molecule has 8 nitrogen and oxygen atoms in total. The molecule has 3 aromatic rings. The smallest absolute Gasteiger partial charge is 0.416 e. The number of rotatable bonds is 7. The average Bonchev–Trinajstić information content (AvgIpc) is 3.27. The first-order chi connectivity index (χ1) is 16.0. The van der Waals surface area contributed by atoms with Crippen LogP contribution in [0.5, 0.6) is 17.6 Å². The van der Waals surface area contributed by atoms with Gasteiger partial charge in [-0.2, -0.15) is 4.98 Å². The summed E-state index contributed by atoms with van der Waals surface area (Å²) in [5.41, 5.74) is 0.197. The van der Waals surface area contributed by atoms with Crippen molar-refractivity contribution < 1.29 is 27.5 Å². The third kappa shape index (κ3) is 3.87. The summed E-state index contributed by atoms with van der Waals surface area (Å²) in [5.74, 6) is -0.456. The molecule has 2 aliphatic rings. The second kappa shape index (κ2) is 8.56. The van der Waals surface area contributed by atoms with Crippen LogP contribution in [0.25, 0.3) is 0 Å². The van der Waals surface area contributed by atoms with Crippen LogP contribution in [0.2, 0.25) is 0 Å². The highest BCUT2D eigenvalue weighted by atomic mass is 32.2. The van der Waals surface area contributed by atoms with E-state index in [9.17, 15) is 9.18 Å². The van der Waals surface area contributed by atoms with Gasteiger partial charge in [-0.25, -0.2) is 18.3 Å². The Morgan fingerprint density at radius 2 is 2.12 bits per heavy atom. The van der Waals surface area contributed by atoms with E-state index in [1.807, 2.05) is 6.07 Å². The van der Waals surface area contributed by atoms with Crippen LogP contribution in [0, 0.1) is 11.6 Å². The van der Waals surface area contributed by atoms with Gasteiger partial charge < -0.3 is 18.6 Å². The van der Waals surface area contributed by atoms with E-state index in [1.54, 1.807) is 19.2 Å². The minimum atomic E-state index is -0.655. The van der Waals surface area contributed by atoms with Gasteiger partial charge in [-0.1, -0.05) is 0 Å². The van der Waals surface area contributed by atoms with Crippen LogP contribution < -0.4 is 18.9 Å². The number of oxazole rings is 1. The number of nitrogens with zero attached hydrogens (tertiary/aromatic N) is 2. The summed E-state index contributed by atoms with van der Waals surface area (Å²) in [5, 5.41) is 0. The van der Waals surface area contributed by atoms with E-state index in [0.717, 1.165) is 36.3 Å². The summed E-state index contributed by atoms with van der Waals surface area (Å²) >= 11 is 1.01. The Hall–Kier alpha value is -3.31. The Bertz CT molecular complexity index is 1190. The molecule has 0 radical (unpaired) electrons. The fourth-order valence-electron chi connectivity index (χ4n) is 4.24. The number of halogens is 2. The van der Waals surface area contributed by atoms with Gasteiger partial charge >= 0.3 is 12.2 Å². The minimum absolute atomic E-state index is 0.00823. The fraction of sp³-hybridized carbons (Fsp3) is 0.273. The van der Waals surface area contributed by atoms with Crippen molar-refractivity contribution in [3.8, 4) is 17.6 Å². The molecule has 1 aliphatic heterocycles. The molecule has 1 aromatic heterocycles. The maximum Gasteiger partial charge on any atom is 0.416 e. The molecule has 2 aromatic carbocycles. The van der Waals surface area contributed by atoms with Crippen LogP contribution in [0.4, 0.5) is 19.3 Å². The van der Waals surface area contributed by atoms with Crippen molar-refractivity contribution in [3.05, 3.63) is 65.6 Å². The van der Waals surface area contributed by atoms with Gasteiger partial charge in [0.15, 0.2) is 5.82 Å². The number of hydrogen-bond acceptors (Lipinski definition) is 8. The summed E-state index contributed by atoms with van der Waals surface area (Å²) in [6, 6.07) is 7.34. The molecule has 0 saturated heterocycles. The lowest BCUT2D eigenvalue weighted by molar-refractivity contribution is 0.00107. The Balaban J connectivity index is 1.46. The summed E-state index contributed by atoms with van der Waals surface area (Å²) in [6.45, 7) is -0.130. The zero-order chi connectivity index (χ0) is 23.0. The summed E-state index contributed by atoms with van der Waals surface area (Å²) in [6.07, 6.45) is 4.56. The van der Waals surface area contributed by atoms with Gasteiger partial charge in [0.25, 0.3) is 0 Å². The Kier molecular flexibility index (Phi) is 5.59. The second-order valence-electron chi connectivity index (χ2n) is 7.73. The monoisotopic (exact) mass is 474 g/mol. The van der Waals surface area contributed by atoms with Gasteiger partial charge in [0, 0.05) is 35.4 Å². The molecule has 0 unspecified atom stereocenters. The Morgan fingerprint density at radius 3 is 2.82 bits per heavy atom. The number of benzene rings is 2. The van der Waals surface area contributed by atoms with Crippen molar-refractivity contribution in [2.75, 3.05) is 11.8 Å². The van der Waals surface area contributed by atoms with Crippen molar-refractivity contribution in [2.24, 2.45) is 0 Å². The van der Waals surface area contributed by atoms with E-state index in [1.165, 1.54) is 17.4 Å². The number of anilines is 1. The zero-order valence-corrected chi connectivity index (χ0v) is 18.4. The largest absolute Gasteiger partial charge is 0.417 e. The Morgan fingerprint density at radius 1 is 1.27 bits per heavy atom. The molecule has 1 amide bonds. The normalized spacial score (nSPS) is 16.2. The highest BCUT2D eigenvalue weighted by Gasteiger charge is 2.52. The van der Waals surface area contributed by atoms with E-state index in [2.05, 4.69) is 14.4 Å². The first-order valence-corrected chi connectivity index (χ1v) is 11.1. The molecule has 1 fully saturated rings. The molecular weight excluding hydrogens is 454 g/mol. The standard InChI is InChI=1S/C22H20F2N4O4S/c1-25-33-27-17-10-14(23)9-13(19(17)24)12-28-21(29)32-18-11-15(31-20-26-7-8-30-20)3-4-16(18)22(28)5-2-6-22/h3-4,7-11,25,27H,2,5-6,12H2,1H3. The fourth-order valence-corrected chi connectivity index (χ4v) is 4.60. The SMILES string of the molecule is CNSNc1cc(F)cc(CN2C(=O)Oc3cc(Oc4ncco4)ccc3C23CCC3)c1F. The molecule has 2 heterocycles. The molecule has 0 atom stereocenters. The third-order valence-electron chi connectivity index (χ3n) is 5.89. The van der Waals surface area contributed by atoms with E-state index in [-0.39, 0.29) is 23.9 Å². The maximum absolute atomic E-state index is 15.1. The van der Waals surface area contributed by atoms with Crippen LogP contribution in [0.15, 0.2) is 47.2 Å². The lowest BCUT2D eigenvalue weighted by Gasteiger charge is -2.52. The molecular formula is C22H20F2N4O4S. The molecule has 33 heavy (non-hydrogen) atoms. The lowest BCUT2D eigenvalue weighted by atomic mass is 9.69. The predicted octanol–water partition coefficient (Wildman–Crippen LogP) is 5.33. The van der Waals surface area contributed by atoms with Gasteiger partial charge in [-0.15, -0.1) is 0 Å². The van der Waals surface area contributed by atoms with Gasteiger partial charge in [0.2, 0.25) is 0 Å². The van der Waals surface area contributed by atoms with Crippen LogP contribution in [0.3, 0.4) is 0 Å². The van der Waals surface area contributed by atoms with Crippen molar-refractivity contribution >= 4 is 23.9 Å². The van der Waals surface area contributed by atoms with E-state index >= 15 is 4.39 Å². The highest BCUT2D eigenvalue weighted by Crippen LogP contribution is 2.53. The number of fused-ring (bicyclic) bond motifs is 2. The van der Waals surface area contributed by atoms with Gasteiger partial charge in [-0.3, -0.25) is 4.90 Å². The maximum atomic E-state index is 15.1. The molecule has 1 spiro atoms. The first-order valence-electron chi connectivity index (χ1n) is 10.3. The number of carbonyl (C=O) groups is 1. The van der Waals surface area contributed by atoms with E-state index in [0.29, 0.717) is 24.3 Å². The lowest BCUT2D eigenvalue weighted by Crippen LogP contribution is -2.57. The average molecular weight is 474 g/mol. The van der Waals surface area contributed by atoms with Gasteiger partial charge in [0.1, 0.15) is 23.6 Å². The molecule has 172 valence electrons. The summed E-state index contributed by atoms with van der Waals surface area (Å²) in [4.78, 5) is 18.4. The van der Waals surface area contributed by atoms with Crippen molar-refractivity contribution in [1.82, 2.24) is 14.6 Å². The minimum Gasteiger partial charge on any atom is -0.417 e. The second-order valence-corrected chi connectivity index (χ2v) is 8.55. The van der Waals surface area contributed by atoms with Crippen LogP contribution in [0.1, 0.15) is 30.4 Å². The van der Waals surface area contributed by atoms with E-state index in [4.69, 9.17) is 13.9 Å². The molecule has 5 rings (SSSR count). The molecule has 1 aliphatic carbocycles. The van der Waals surface area contributed by atoms with Crippen LogP contribution >= 0.6 is 12.1 Å². The van der Waals surface area contributed by atoms with Crippen molar-refractivity contribution in [2.45, 2.75) is 31.3 Å². The third-order valence-corrected chi connectivity index (χ3v) is 6.41. The quantitative estimate of drug-likeness (QED) is 0.444. The molecule has 11 heteroatoms. The van der Waals surface area contributed by atoms with Crippen LogP contribution in [-0.4, -0.2) is 23.0 Å². The van der Waals surface area contributed by atoms with Crippen molar-refractivity contribution in [1.29, 1.82) is 0 Å². The van der Waals surface area contributed by atoms with Crippen LogP contribution in [-0.2, 0) is 12.1 Å². The van der Waals surface area contributed by atoms with Gasteiger partial charge in [0.05, 0.1) is 24.0 Å².